The van der Waals surface area contributed by atoms with Crippen LogP contribution in [0.1, 0.15) is 61.7 Å². The number of rotatable bonds is 14. The van der Waals surface area contributed by atoms with E-state index in [1.807, 2.05) is 0 Å². The van der Waals surface area contributed by atoms with Crippen molar-refractivity contribution in [3.05, 3.63) is 33.9 Å². The molecule has 10 N–H and O–H groups in total. The molecule has 252 valence electrons. The van der Waals surface area contributed by atoms with Gasteiger partial charge in [0.05, 0.1) is 17.1 Å². The van der Waals surface area contributed by atoms with Crippen molar-refractivity contribution in [2.24, 2.45) is 11.5 Å². The number of benzene rings is 1. The molecule has 19 heteroatoms. The van der Waals surface area contributed by atoms with Gasteiger partial charge < -0.3 is 47.7 Å². The highest BCUT2D eigenvalue weighted by Crippen LogP contribution is 2.25. The van der Waals surface area contributed by atoms with Gasteiger partial charge in [-0.25, -0.2) is 0 Å². The molecule has 2 rings (SSSR count). The largest absolute Gasteiger partial charge is 0.493 e. The maximum Gasteiger partial charge on any atom is 0.303 e. The van der Waals surface area contributed by atoms with Crippen LogP contribution in [0, 0.1) is 10.1 Å². The number of carboxylic acid groups (broad SMARTS) is 2. The summed E-state index contributed by atoms with van der Waals surface area (Å²) in [5.74, 6) is -7.50. The average molecular weight is 652 g/mol. The van der Waals surface area contributed by atoms with Gasteiger partial charge in [-0.2, -0.15) is 0 Å². The van der Waals surface area contributed by atoms with Crippen LogP contribution in [0.25, 0.3) is 0 Å². The summed E-state index contributed by atoms with van der Waals surface area (Å²) >= 11 is 0. The number of nitro groups is 1. The lowest BCUT2D eigenvalue weighted by Crippen LogP contribution is -2.58. The number of nitrogens with zero attached hydrogens (tertiary/aromatic N) is 1. The van der Waals surface area contributed by atoms with Crippen molar-refractivity contribution in [3.63, 3.8) is 0 Å². The minimum Gasteiger partial charge on any atom is -0.493 e. The standard InChI is InChI=1S/C27H37N7O12/c28-11-2-1-3-17-25(41)33-19(27(43)30-16(23(29)39)5-8-21(35)36)10-12-46-20-7-4-14(34(44)45)13-15(20)24(40)31-18(26(42)32-17)6-9-22(37)38/h4,7,13,16-19H,1-3,5-6,8-12,28H2,(H2,29,39)(H,30,43)(H,31,40)(H,32,42)(H,33,41)(H,35,36)(H,37,38)/t16?,17-,18?,19-/m0/s1. The monoisotopic (exact) mass is 651 g/mol. The number of carbonyl (C=O) groups is 7. The highest BCUT2D eigenvalue weighted by atomic mass is 16.6. The second-order valence-electron chi connectivity index (χ2n) is 10.3. The molecule has 1 heterocycles. The molecule has 1 aliphatic heterocycles. The number of ether oxygens (including phenoxy) is 1. The molecule has 2 unspecified atom stereocenters. The number of nitrogens with two attached hydrogens (primary N) is 2. The Balaban J connectivity index is 2.53. The van der Waals surface area contributed by atoms with Crippen molar-refractivity contribution < 1.29 is 53.4 Å². The number of carboxylic acids is 2. The lowest BCUT2D eigenvalue weighted by atomic mass is 10.0. The molecule has 0 saturated heterocycles. The van der Waals surface area contributed by atoms with Crippen molar-refractivity contribution >= 4 is 47.2 Å². The molecule has 0 bridgehead atoms. The van der Waals surface area contributed by atoms with E-state index in [-0.39, 0.29) is 43.7 Å². The summed E-state index contributed by atoms with van der Waals surface area (Å²) in [5, 5.41) is 39.2. The first kappa shape index (κ1) is 36.9. The van der Waals surface area contributed by atoms with Crippen LogP contribution in [0.3, 0.4) is 0 Å². The Hall–Kier alpha value is -5.33. The van der Waals surface area contributed by atoms with Crippen molar-refractivity contribution in [2.75, 3.05) is 13.2 Å². The van der Waals surface area contributed by atoms with Gasteiger partial charge in [-0.15, -0.1) is 0 Å². The molecule has 1 aliphatic rings. The van der Waals surface area contributed by atoms with E-state index in [1.54, 1.807) is 0 Å². The number of non-ortho nitro benzene ring substituents is 1. The third-order valence-electron chi connectivity index (χ3n) is 6.87. The van der Waals surface area contributed by atoms with Crippen LogP contribution >= 0.6 is 0 Å². The molecule has 0 spiro atoms. The molecule has 0 aliphatic carbocycles. The second kappa shape index (κ2) is 17.8. The van der Waals surface area contributed by atoms with Gasteiger partial charge in [0.15, 0.2) is 0 Å². The number of hydrogen-bond donors (Lipinski definition) is 8. The van der Waals surface area contributed by atoms with Gasteiger partial charge in [-0.3, -0.25) is 43.7 Å². The average Bonchev–Trinajstić information content (AvgIpc) is 2.99. The summed E-state index contributed by atoms with van der Waals surface area (Å²) in [6.07, 6.45) is -1.28. The lowest BCUT2D eigenvalue weighted by Gasteiger charge is -2.27. The van der Waals surface area contributed by atoms with Gasteiger partial charge in [0.2, 0.25) is 23.6 Å². The number of fused-ring (bicyclic) bond motifs is 1. The first-order chi connectivity index (χ1) is 21.7. The Morgan fingerprint density at radius 3 is 2.26 bits per heavy atom. The summed E-state index contributed by atoms with van der Waals surface area (Å²) < 4.78 is 5.66. The van der Waals surface area contributed by atoms with Gasteiger partial charge in [0.25, 0.3) is 11.6 Å². The van der Waals surface area contributed by atoms with Gasteiger partial charge >= 0.3 is 11.9 Å². The van der Waals surface area contributed by atoms with Gasteiger partial charge in [0.1, 0.15) is 29.9 Å². The third kappa shape index (κ3) is 11.6. The summed E-state index contributed by atoms with van der Waals surface area (Å²) in [7, 11) is 0. The minimum absolute atomic E-state index is 0.0246. The van der Waals surface area contributed by atoms with Crippen molar-refractivity contribution in [1.82, 2.24) is 21.3 Å². The third-order valence-corrected chi connectivity index (χ3v) is 6.87. The number of unbranched alkanes of at least 4 members (excludes halogenated alkanes) is 1. The smallest absolute Gasteiger partial charge is 0.303 e. The molecule has 4 atom stereocenters. The van der Waals surface area contributed by atoms with Crippen LogP contribution in [0.15, 0.2) is 18.2 Å². The van der Waals surface area contributed by atoms with Crippen molar-refractivity contribution in [2.45, 2.75) is 75.5 Å². The topological polar surface area (TPSA) is 312 Å². The summed E-state index contributed by atoms with van der Waals surface area (Å²) in [6.45, 7) is -0.0994. The normalized spacial score (nSPS) is 19.5. The molecular formula is C27H37N7O12. The zero-order chi connectivity index (χ0) is 34.4. The van der Waals surface area contributed by atoms with E-state index in [0.29, 0.717) is 12.8 Å². The highest BCUT2D eigenvalue weighted by molar-refractivity contribution is 6.01. The summed E-state index contributed by atoms with van der Waals surface area (Å²) in [5.41, 5.74) is 10.0. The molecule has 0 aromatic heterocycles. The Bertz CT molecular complexity index is 1340. The SMILES string of the molecule is NCCCC[C@@H]1NC(=O)C(CCC(=O)O)NC(=O)c2cc([N+](=O)[O-])ccc2OCC[C@@H](C(=O)NC(CCC(=O)O)C(N)=O)NC1=O. The molecule has 46 heavy (non-hydrogen) atoms. The van der Waals surface area contributed by atoms with E-state index in [2.05, 4.69) is 21.3 Å². The molecule has 0 fully saturated rings. The minimum atomic E-state index is -1.51. The zero-order valence-electron chi connectivity index (χ0n) is 24.7. The predicted octanol–water partition coefficient (Wildman–Crippen LogP) is -1.73. The van der Waals surface area contributed by atoms with E-state index in [4.69, 9.17) is 21.3 Å². The first-order valence-electron chi connectivity index (χ1n) is 14.3. The van der Waals surface area contributed by atoms with Crippen LogP contribution in [-0.2, 0) is 28.8 Å². The number of nitro benzene ring substituents is 1. The Morgan fingerprint density at radius 1 is 1.00 bits per heavy atom. The number of carbonyl (C=O) groups excluding carboxylic acids is 5. The molecular weight excluding hydrogens is 614 g/mol. The van der Waals surface area contributed by atoms with Gasteiger partial charge in [0, 0.05) is 31.4 Å². The second-order valence-corrected chi connectivity index (χ2v) is 10.3. The fraction of sp³-hybridized carbons (Fsp3) is 0.519. The van der Waals surface area contributed by atoms with Crippen LogP contribution in [-0.4, -0.2) is 93.9 Å². The van der Waals surface area contributed by atoms with Crippen molar-refractivity contribution in [3.8, 4) is 5.75 Å². The van der Waals surface area contributed by atoms with E-state index in [0.717, 1.165) is 18.2 Å². The Labute approximate surface area is 261 Å². The van der Waals surface area contributed by atoms with E-state index >= 15 is 0 Å². The molecule has 0 saturated carbocycles. The number of hydrogen-bond acceptors (Lipinski definition) is 11. The maximum absolute atomic E-state index is 13.4. The van der Waals surface area contributed by atoms with Crippen molar-refractivity contribution in [1.29, 1.82) is 0 Å². The van der Waals surface area contributed by atoms with E-state index in [1.165, 1.54) is 0 Å². The molecule has 1 aromatic carbocycles. The maximum atomic E-state index is 13.4. The number of aliphatic carboxylic acids is 2. The number of amides is 5. The number of primary amides is 1. The van der Waals surface area contributed by atoms with Crippen LogP contribution in [0.2, 0.25) is 0 Å². The molecule has 5 amide bonds. The zero-order valence-corrected chi connectivity index (χ0v) is 24.7. The Kier molecular flexibility index (Phi) is 14.3. The fourth-order valence-electron chi connectivity index (χ4n) is 4.39. The summed E-state index contributed by atoms with van der Waals surface area (Å²) in [6, 6.07) is -2.60. The van der Waals surface area contributed by atoms with Crippen LogP contribution < -0.4 is 37.5 Å². The Morgan fingerprint density at radius 2 is 1.65 bits per heavy atom. The molecule has 1 aromatic rings. The molecule has 19 nitrogen and oxygen atoms in total. The number of nitrogens with one attached hydrogen (secondary N) is 4. The van der Waals surface area contributed by atoms with Crippen LogP contribution in [0.5, 0.6) is 5.75 Å². The summed E-state index contributed by atoms with van der Waals surface area (Å²) in [4.78, 5) is 98.1. The quantitative estimate of drug-likeness (QED) is 0.0631. The van der Waals surface area contributed by atoms with E-state index in [9.17, 15) is 48.8 Å². The highest BCUT2D eigenvalue weighted by Gasteiger charge is 2.32. The lowest BCUT2D eigenvalue weighted by molar-refractivity contribution is -0.384. The van der Waals surface area contributed by atoms with Crippen LogP contribution in [0.4, 0.5) is 5.69 Å². The first-order valence-corrected chi connectivity index (χ1v) is 14.3. The predicted molar refractivity (Wildman–Crippen MR) is 156 cm³/mol. The fourth-order valence-corrected chi connectivity index (χ4v) is 4.39. The van der Waals surface area contributed by atoms with E-state index < -0.39 is 95.5 Å². The molecule has 0 radical (unpaired) electrons. The van der Waals surface area contributed by atoms with Gasteiger partial charge in [-0.1, -0.05) is 0 Å². The van der Waals surface area contributed by atoms with Gasteiger partial charge in [-0.05, 0) is 44.7 Å².